The number of rotatable bonds is 7. The number of aryl methyl sites for hydroxylation is 2. The summed E-state index contributed by atoms with van der Waals surface area (Å²) < 4.78 is 69.6. The maximum atomic E-state index is 13.5. The van der Waals surface area contributed by atoms with Gasteiger partial charge in [-0.15, -0.1) is 0 Å². The van der Waals surface area contributed by atoms with Crippen LogP contribution in [0.3, 0.4) is 0 Å². The molecule has 0 radical (unpaired) electrons. The molecule has 0 unspecified atom stereocenters. The van der Waals surface area contributed by atoms with Crippen LogP contribution in [0.2, 0.25) is 5.02 Å². The van der Waals surface area contributed by atoms with Gasteiger partial charge < -0.3 is 5.32 Å². The third kappa shape index (κ3) is 4.90. The number of nitrogens with zero attached hydrogens (tertiary/aromatic N) is 5. The molecular weight excluding hydrogens is 507 g/mol. The van der Waals surface area contributed by atoms with Crippen LogP contribution in [0.5, 0.6) is 0 Å². The number of carbonyl (C=O) groups excluding carboxylic acids is 1. The average Bonchev–Trinajstić information content (AvgIpc) is 3.25. The van der Waals surface area contributed by atoms with E-state index in [-0.39, 0.29) is 28.3 Å². The van der Waals surface area contributed by atoms with Crippen molar-refractivity contribution in [2.45, 2.75) is 46.7 Å². The standard InChI is InChI=1S/C23H20ClF5N6O/c1-10-19-15(21(26)27)7-17(22(28)29)30-23(19)35(32-10)9-18(36)31-20-11(2)33-34(12(20)3)8-13-4-5-14(25)6-16(13)24/h4-7,21-22H,8-9H2,1-3H3,(H,31,36). The molecule has 190 valence electrons. The predicted molar refractivity (Wildman–Crippen MR) is 123 cm³/mol. The molecule has 0 fully saturated rings. The molecular formula is C23H20ClF5N6O. The normalized spacial score (nSPS) is 11.8. The molecule has 7 nitrogen and oxygen atoms in total. The third-order valence-corrected chi connectivity index (χ3v) is 6.01. The molecule has 0 saturated heterocycles. The molecule has 36 heavy (non-hydrogen) atoms. The van der Waals surface area contributed by atoms with Gasteiger partial charge in [0.25, 0.3) is 12.9 Å². The first kappa shape index (κ1) is 25.5. The lowest BCUT2D eigenvalue weighted by molar-refractivity contribution is -0.116. The number of amides is 1. The highest BCUT2D eigenvalue weighted by Gasteiger charge is 2.24. The maximum Gasteiger partial charge on any atom is 0.280 e. The van der Waals surface area contributed by atoms with Crippen molar-refractivity contribution in [1.29, 1.82) is 0 Å². The van der Waals surface area contributed by atoms with E-state index in [4.69, 9.17) is 11.6 Å². The Balaban J connectivity index is 1.61. The predicted octanol–water partition coefficient (Wildman–Crippen LogP) is 5.91. The summed E-state index contributed by atoms with van der Waals surface area (Å²) in [6.07, 6.45) is -6.10. The molecule has 3 heterocycles. The number of carbonyl (C=O) groups is 1. The van der Waals surface area contributed by atoms with E-state index in [0.29, 0.717) is 28.7 Å². The van der Waals surface area contributed by atoms with Crippen LogP contribution in [0.4, 0.5) is 27.6 Å². The molecule has 0 bridgehead atoms. The number of pyridine rings is 1. The second-order valence-electron chi connectivity index (χ2n) is 8.17. The van der Waals surface area contributed by atoms with Crippen LogP contribution in [-0.2, 0) is 17.9 Å². The van der Waals surface area contributed by atoms with Gasteiger partial charge in [0.2, 0.25) is 5.91 Å². The number of hydrogen-bond donors (Lipinski definition) is 1. The van der Waals surface area contributed by atoms with Gasteiger partial charge in [0.1, 0.15) is 18.1 Å². The average molecular weight is 527 g/mol. The fourth-order valence-corrected chi connectivity index (χ4v) is 4.19. The zero-order valence-electron chi connectivity index (χ0n) is 19.3. The lowest BCUT2D eigenvalue weighted by Crippen LogP contribution is -2.20. The number of anilines is 1. The Hall–Kier alpha value is -3.54. The number of hydrogen-bond acceptors (Lipinski definition) is 4. The Morgan fingerprint density at radius 1 is 1.03 bits per heavy atom. The van der Waals surface area contributed by atoms with Crippen LogP contribution in [0.15, 0.2) is 24.3 Å². The summed E-state index contributed by atoms with van der Waals surface area (Å²) in [5, 5.41) is 11.3. The van der Waals surface area contributed by atoms with Gasteiger partial charge >= 0.3 is 0 Å². The van der Waals surface area contributed by atoms with Gasteiger partial charge in [-0.3, -0.25) is 9.48 Å². The smallest absolute Gasteiger partial charge is 0.280 e. The summed E-state index contributed by atoms with van der Waals surface area (Å²) in [5.74, 6) is -1.06. The van der Waals surface area contributed by atoms with Gasteiger partial charge in [-0.25, -0.2) is 31.6 Å². The minimum absolute atomic E-state index is 0.0708. The number of alkyl halides is 4. The molecule has 0 spiro atoms. The summed E-state index contributed by atoms with van der Waals surface area (Å²) in [6, 6.07) is 4.66. The van der Waals surface area contributed by atoms with Crippen LogP contribution in [0.25, 0.3) is 11.0 Å². The Labute approximate surface area is 206 Å². The van der Waals surface area contributed by atoms with Crippen molar-refractivity contribution in [2.24, 2.45) is 0 Å². The first-order valence-electron chi connectivity index (χ1n) is 10.7. The Kier molecular flexibility index (Phi) is 6.98. The highest BCUT2D eigenvalue weighted by atomic mass is 35.5. The summed E-state index contributed by atoms with van der Waals surface area (Å²) in [6.45, 7) is 4.59. The summed E-state index contributed by atoms with van der Waals surface area (Å²) >= 11 is 6.10. The van der Waals surface area contributed by atoms with E-state index >= 15 is 0 Å². The molecule has 0 aliphatic rings. The van der Waals surface area contributed by atoms with E-state index in [2.05, 4.69) is 20.5 Å². The van der Waals surface area contributed by atoms with Crippen molar-refractivity contribution in [3.05, 3.63) is 69.0 Å². The molecule has 4 aromatic rings. The largest absolute Gasteiger partial charge is 0.321 e. The van der Waals surface area contributed by atoms with Gasteiger partial charge in [-0.1, -0.05) is 17.7 Å². The lowest BCUT2D eigenvalue weighted by atomic mass is 10.1. The summed E-state index contributed by atoms with van der Waals surface area (Å²) in [5.41, 5.74) is 0.554. The third-order valence-electron chi connectivity index (χ3n) is 5.66. The van der Waals surface area contributed by atoms with E-state index in [9.17, 15) is 26.7 Å². The van der Waals surface area contributed by atoms with Gasteiger partial charge in [0.05, 0.1) is 34.7 Å². The van der Waals surface area contributed by atoms with Crippen LogP contribution in [-0.4, -0.2) is 30.5 Å². The SMILES string of the molecule is Cc1nn(Cc2ccc(F)cc2Cl)c(C)c1NC(=O)Cn1nc(C)c2c(C(F)F)cc(C(F)F)nc21. The first-order valence-corrected chi connectivity index (χ1v) is 11.1. The molecule has 13 heteroatoms. The van der Waals surface area contributed by atoms with Crippen molar-refractivity contribution in [2.75, 3.05) is 5.32 Å². The monoisotopic (exact) mass is 526 g/mol. The van der Waals surface area contributed by atoms with Gasteiger partial charge in [-0.05, 0) is 44.5 Å². The highest BCUT2D eigenvalue weighted by molar-refractivity contribution is 6.31. The second kappa shape index (κ2) is 9.84. The van der Waals surface area contributed by atoms with Crippen molar-refractivity contribution >= 4 is 34.2 Å². The van der Waals surface area contributed by atoms with Gasteiger partial charge in [0.15, 0.2) is 5.65 Å². The fourth-order valence-electron chi connectivity index (χ4n) is 3.96. The zero-order chi connectivity index (χ0) is 26.3. The van der Waals surface area contributed by atoms with Gasteiger partial charge in [-0.2, -0.15) is 10.2 Å². The summed E-state index contributed by atoms with van der Waals surface area (Å²) in [4.78, 5) is 16.6. The van der Waals surface area contributed by atoms with E-state index in [1.54, 1.807) is 18.5 Å². The first-order chi connectivity index (χ1) is 17.0. The topological polar surface area (TPSA) is 77.6 Å². The van der Waals surface area contributed by atoms with E-state index < -0.39 is 42.4 Å². The number of halogens is 6. The van der Waals surface area contributed by atoms with Crippen LogP contribution in [0.1, 0.15) is 46.8 Å². The van der Waals surface area contributed by atoms with E-state index in [1.165, 1.54) is 25.1 Å². The van der Waals surface area contributed by atoms with Crippen molar-refractivity contribution < 1.29 is 26.7 Å². The Bertz CT molecular complexity index is 1470. The molecule has 4 rings (SSSR count). The van der Waals surface area contributed by atoms with E-state index in [0.717, 1.165) is 4.68 Å². The van der Waals surface area contributed by atoms with Gasteiger partial charge in [0, 0.05) is 10.6 Å². The molecule has 0 aliphatic heterocycles. The molecule has 0 saturated carbocycles. The summed E-state index contributed by atoms with van der Waals surface area (Å²) in [7, 11) is 0. The molecule has 1 N–H and O–H groups in total. The maximum absolute atomic E-state index is 13.5. The molecule has 1 aromatic carbocycles. The van der Waals surface area contributed by atoms with Crippen LogP contribution in [0, 0.1) is 26.6 Å². The van der Waals surface area contributed by atoms with Crippen molar-refractivity contribution in [3.63, 3.8) is 0 Å². The molecule has 1 amide bonds. The number of nitrogens with one attached hydrogen (secondary N) is 1. The van der Waals surface area contributed by atoms with Crippen LogP contribution >= 0.6 is 11.6 Å². The van der Waals surface area contributed by atoms with E-state index in [1.807, 2.05) is 0 Å². The number of aromatic nitrogens is 5. The quantitative estimate of drug-likeness (QED) is 0.304. The van der Waals surface area contributed by atoms with Crippen molar-refractivity contribution in [1.82, 2.24) is 24.5 Å². The Morgan fingerprint density at radius 2 is 1.72 bits per heavy atom. The number of fused-ring (bicyclic) bond motifs is 1. The Morgan fingerprint density at radius 3 is 2.36 bits per heavy atom. The minimum atomic E-state index is -3.07. The molecule has 0 aliphatic carbocycles. The lowest BCUT2D eigenvalue weighted by Gasteiger charge is -2.10. The molecule has 0 atom stereocenters. The second-order valence-corrected chi connectivity index (χ2v) is 8.57. The zero-order valence-corrected chi connectivity index (χ0v) is 20.0. The highest BCUT2D eigenvalue weighted by Crippen LogP contribution is 2.32. The number of benzene rings is 1. The molecule has 3 aromatic heterocycles. The minimum Gasteiger partial charge on any atom is -0.321 e. The van der Waals surface area contributed by atoms with Crippen molar-refractivity contribution in [3.8, 4) is 0 Å². The fraction of sp³-hybridized carbons (Fsp3) is 0.304. The van der Waals surface area contributed by atoms with Crippen LogP contribution < -0.4 is 5.32 Å².